The molecule has 2 aliphatic heterocycles. The molecular formula is C21H23F3N4O4. The summed E-state index contributed by atoms with van der Waals surface area (Å²) in [5.41, 5.74) is 7.04. The Balaban J connectivity index is 1.64. The third kappa shape index (κ3) is 5.16. The van der Waals surface area contributed by atoms with Gasteiger partial charge in [0.05, 0.1) is 17.8 Å². The second-order valence-corrected chi connectivity index (χ2v) is 7.50. The molecule has 32 heavy (non-hydrogen) atoms. The highest BCUT2D eigenvalue weighted by Gasteiger charge is 2.52. The number of likely N-dealkylation sites (tertiary alicyclic amines) is 1. The van der Waals surface area contributed by atoms with E-state index >= 15 is 0 Å². The van der Waals surface area contributed by atoms with Crippen LogP contribution in [0, 0.1) is 5.92 Å². The number of nitrogens with one attached hydrogen (secondary N) is 2. The van der Waals surface area contributed by atoms with E-state index in [0.717, 1.165) is 22.6 Å². The summed E-state index contributed by atoms with van der Waals surface area (Å²) in [6, 6.07) is 2.72. The number of dihydropyridines is 1. The molecule has 172 valence electrons. The Labute approximate surface area is 182 Å². The maximum Gasteiger partial charge on any atom is 0.573 e. The van der Waals surface area contributed by atoms with Crippen LogP contribution in [-0.4, -0.2) is 40.9 Å². The van der Waals surface area contributed by atoms with Crippen LogP contribution in [0.1, 0.15) is 24.9 Å². The summed E-state index contributed by atoms with van der Waals surface area (Å²) < 4.78 is 40.7. The number of urea groups is 1. The molecule has 11 heteroatoms. The van der Waals surface area contributed by atoms with E-state index in [1.807, 2.05) is 6.08 Å². The Morgan fingerprint density at radius 2 is 2.06 bits per heavy atom. The molecular weight excluding hydrogens is 429 g/mol. The highest BCUT2D eigenvalue weighted by molar-refractivity contribution is 6.02. The van der Waals surface area contributed by atoms with Gasteiger partial charge >= 0.3 is 12.4 Å². The van der Waals surface area contributed by atoms with Gasteiger partial charge in [0.2, 0.25) is 5.91 Å². The van der Waals surface area contributed by atoms with Gasteiger partial charge in [-0.3, -0.25) is 9.69 Å². The zero-order chi connectivity index (χ0) is 23.6. The van der Waals surface area contributed by atoms with Gasteiger partial charge in [-0.25, -0.2) is 4.79 Å². The number of halogens is 3. The van der Waals surface area contributed by atoms with Crippen LogP contribution in [0.2, 0.25) is 0 Å². The monoisotopic (exact) mass is 452 g/mol. The molecule has 0 saturated carbocycles. The van der Waals surface area contributed by atoms with E-state index in [-0.39, 0.29) is 17.9 Å². The normalized spacial score (nSPS) is 21.5. The topological polar surface area (TPSA) is 117 Å². The third-order valence-corrected chi connectivity index (χ3v) is 5.19. The first-order valence-electron chi connectivity index (χ1n) is 9.73. The average Bonchev–Trinajstić information content (AvgIpc) is 2.68. The number of carbonyl (C=O) groups is 2. The first-order chi connectivity index (χ1) is 15.0. The van der Waals surface area contributed by atoms with Crippen molar-refractivity contribution in [3.05, 3.63) is 65.7 Å². The molecule has 5 N–H and O–H groups in total. The lowest BCUT2D eigenvalue weighted by Gasteiger charge is -2.45. The van der Waals surface area contributed by atoms with Crippen molar-refractivity contribution in [2.75, 3.05) is 6.54 Å². The summed E-state index contributed by atoms with van der Waals surface area (Å²) in [6.07, 6.45) is -0.975. The highest BCUT2D eigenvalue weighted by atomic mass is 19.4. The summed E-state index contributed by atoms with van der Waals surface area (Å²) in [6.45, 7) is 5.60. The number of nitrogens with two attached hydrogens (primary N) is 1. The van der Waals surface area contributed by atoms with Crippen molar-refractivity contribution < 1.29 is 32.6 Å². The molecule has 3 atom stereocenters. The van der Waals surface area contributed by atoms with Gasteiger partial charge in [-0.1, -0.05) is 24.8 Å². The quantitative estimate of drug-likeness (QED) is 0.390. The number of imide groups is 1. The lowest BCUT2D eigenvalue weighted by atomic mass is 9.81. The van der Waals surface area contributed by atoms with Crippen molar-refractivity contribution in [3.8, 4) is 5.75 Å². The molecule has 1 aromatic rings. The SMILES string of the molecule is C=C(O)C1[C@@H](CC2=CCNC(N)=C2)C(=O)N1C(=O)NC(C)c1ccc(OC(F)(F)F)cc1. The van der Waals surface area contributed by atoms with Crippen molar-refractivity contribution in [3.63, 3.8) is 0 Å². The fourth-order valence-electron chi connectivity index (χ4n) is 3.66. The van der Waals surface area contributed by atoms with E-state index in [1.165, 1.54) is 12.1 Å². The van der Waals surface area contributed by atoms with Crippen LogP contribution in [0.4, 0.5) is 18.0 Å². The smallest absolute Gasteiger partial charge is 0.511 e. The summed E-state index contributed by atoms with van der Waals surface area (Å²) in [5.74, 6) is -1.39. The zero-order valence-corrected chi connectivity index (χ0v) is 17.1. The first-order valence-corrected chi connectivity index (χ1v) is 9.73. The van der Waals surface area contributed by atoms with Crippen molar-refractivity contribution in [2.24, 2.45) is 11.7 Å². The van der Waals surface area contributed by atoms with Crippen LogP contribution in [0.3, 0.4) is 0 Å². The average molecular weight is 452 g/mol. The van der Waals surface area contributed by atoms with Crippen LogP contribution < -0.4 is 21.1 Å². The first kappa shape index (κ1) is 23.0. The van der Waals surface area contributed by atoms with Crippen LogP contribution >= 0.6 is 0 Å². The Bertz CT molecular complexity index is 972. The maximum atomic E-state index is 12.7. The molecule has 2 unspecified atom stereocenters. The van der Waals surface area contributed by atoms with Crippen LogP contribution in [0.5, 0.6) is 5.75 Å². The van der Waals surface area contributed by atoms with Gasteiger partial charge in [-0.05, 0) is 42.7 Å². The number of carbonyl (C=O) groups excluding carboxylic acids is 2. The summed E-state index contributed by atoms with van der Waals surface area (Å²) in [4.78, 5) is 26.2. The van der Waals surface area contributed by atoms with Crippen molar-refractivity contribution in [1.29, 1.82) is 0 Å². The van der Waals surface area contributed by atoms with Gasteiger partial charge < -0.3 is 26.2 Å². The Kier molecular flexibility index (Phi) is 6.37. The number of aliphatic hydroxyl groups excluding tert-OH is 1. The lowest BCUT2D eigenvalue weighted by molar-refractivity contribution is -0.274. The minimum absolute atomic E-state index is 0.283. The second-order valence-electron chi connectivity index (χ2n) is 7.50. The van der Waals surface area contributed by atoms with Crippen LogP contribution in [-0.2, 0) is 4.79 Å². The van der Waals surface area contributed by atoms with E-state index in [4.69, 9.17) is 5.73 Å². The zero-order valence-electron chi connectivity index (χ0n) is 17.1. The predicted octanol–water partition coefficient (Wildman–Crippen LogP) is 2.97. The molecule has 3 amide bonds. The number of β-lactam (4-membered cyclic amide) rings is 1. The highest BCUT2D eigenvalue weighted by Crippen LogP contribution is 2.36. The molecule has 0 spiro atoms. The number of aliphatic hydroxyl groups is 1. The van der Waals surface area contributed by atoms with Gasteiger partial charge in [0, 0.05) is 6.54 Å². The van der Waals surface area contributed by atoms with Crippen molar-refractivity contribution in [2.45, 2.75) is 31.8 Å². The lowest BCUT2D eigenvalue weighted by Crippen LogP contribution is -2.66. The molecule has 1 fully saturated rings. The summed E-state index contributed by atoms with van der Waals surface area (Å²) in [7, 11) is 0. The van der Waals surface area contributed by atoms with Gasteiger partial charge in [-0.15, -0.1) is 13.2 Å². The van der Waals surface area contributed by atoms with Gasteiger partial charge in [0.1, 0.15) is 17.6 Å². The van der Waals surface area contributed by atoms with E-state index in [2.05, 4.69) is 21.9 Å². The molecule has 0 aromatic heterocycles. The molecule has 3 rings (SSSR count). The van der Waals surface area contributed by atoms with E-state index < -0.39 is 36.3 Å². The van der Waals surface area contributed by atoms with Crippen molar-refractivity contribution in [1.82, 2.24) is 15.5 Å². The fourth-order valence-corrected chi connectivity index (χ4v) is 3.66. The molecule has 0 aliphatic carbocycles. The number of hydrogen-bond donors (Lipinski definition) is 4. The van der Waals surface area contributed by atoms with Crippen molar-refractivity contribution >= 4 is 11.9 Å². The minimum atomic E-state index is -4.80. The minimum Gasteiger partial charge on any atom is -0.511 e. The number of alkyl halides is 3. The summed E-state index contributed by atoms with van der Waals surface area (Å²) in [5, 5.41) is 15.5. The third-order valence-electron chi connectivity index (χ3n) is 5.19. The Morgan fingerprint density at radius 1 is 1.41 bits per heavy atom. The number of hydrogen-bond acceptors (Lipinski definition) is 6. The maximum absolute atomic E-state index is 12.7. The number of amides is 3. The molecule has 0 radical (unpaired) electrons. The molecule has 0 bridgehead atoms. The van der Waals surface area contributed by atoms with E-state index in [1.54, 1.807) is 13.0 Å². The molecule has 2 heterocycles. The van der Waals surface area contributed by atoms with E-state index in [0.29, 0.717) is 17.9 Å². The Morgan fingerprint density at radius 3 is 2.62 bits per heavy atom. The fraction of sp³-hybridized carbons (Fsp3) is 0.333. The van der Waals surface area contributed by atoms with Crippen LogP contribution in [0.15, 0.2) is 60.1 Å². The van der Waals surface area contributed by atoms with Gasteiger partial charge in [0.15, 0.2) is 0 Å². The standard InChI is InChI=1S/C21H23F3N4O4/c1-11(14-3-5-15(6-4-14)32-21(22,23)24)27-20(31)28-18(12(2)29)16(19(28)30)9-13-7-8-26-17(25)10-13/h3-7,10-11,16,18,26,29H,2,8-9,25H2,1H3,(H,27,31)/t11?,16-,18?/m1/s1. The molecule has 1 saturated heterocycles. The molecule has 8 nitrogen and oxygen atoms in total. The van der Waals surface area contributed by atoms with Gasteiger partial charge in [-0.2, -0.15) is 0 Å². The van der Waals surface area contributed by atoms with Gasteiger partial charge in [0.25, 0.3) is 0 Å². The summed E-state index contributed by atoms with van der Waals surface area (Å²) >= 11 is 0. The number of rotatable bonds is 6. The molecule has 2 aliphatic rings. The molecule has 1 aromatic carbocycles. The number of nitrogens with zero attached hydrogens (tertiary/aromatic N) is 1. The number of allylic oxidation sites excluding steroid dienone is 2. The number of benzene rings is 1. The largest absolute Gasteiger partial charge is 0.573 e. The van der Waals surface area contributed by atoms with E-state index in [9.17, 15) is 27.9 Å². The van der Waals surface area contributed by atoms with Crippen LogP contribution in [0.25, 0.3) is 0 Å². The predicted molar refractivity (Wildman–Crippen MR) is 109 cm³/mol. The number of ether oxygens (including phenoxy) is 1. The Hall–Kier alpha value is -3.63. The second kappa shape index (κ2) is 8.85.